The third kappa shape index (κ3) is 3.03. The molecule has 0 saturated carbocycles. The Labute approximate surface area is 129 Å². The van der Waals surface area contributed by atoms with E-state index >= 15 is 0 Å². The minimum Gasteiger partial charge on any atom is -0.478 e. The van der Waals surface area contributed by atoms with Gasteiger partial charge in [-0.3, -0.25) is 0 Å². The van der Waals surface area contributed by atoms with Crippen molar-refractivity contribution in [3.05, 3.63) is 57.3 Å². The van der Waals surface area contributed by atoms with Gasteiger partial charge in [0.25, 0.3) is 0 Å². The van der Waals surface area contributed by atoms with Gasteiger partial charge in [-0.1, -0.05) is 0 Å². The Bertz CT molecular complexity index is 769. The number of nitriles is 1. The van der Waals surface area contributed by atoms with Crippen molar-refractivity contribution in [2.75, 3.05) is 5.32 Å². The van der Waals surface area contributed by atoms with Crippen molar-refractivity contribution >= 4 is 33.3 Å². The largest absolute Gasteiger partial charge is 0.478 e. The van der Waals surface area contributed by atoms with Crippen LogP contribution >= 0.6 is 15.9 Å². The van der Waals surface area contributed by atoms with E-state index in [1.54, 1.807) is 19.1 Å². The molecule has 2 N–H and O–H groups in total. The maximum atomic E-state index is 14.1. The van der Waals surface area contributed by atoms with Gasteiger partial charge in [0.15, 0.2) is 5.82 Å². The number of hydrogen-bond donors (Lipinski definition) is 2. The van der Waals surface area contributed by atoms with Crippen molar-refractivity contribution < 1.29 is 14.3 Å². The Morgan fingerprint density at radius 1 is 1.38 bits per heavy atom. The van der Waals surface area contributed by atoms with Crippen LogP contribution < -0.4 is 5.32 Å². The van der Waals surface area contributed by atoms with Crippen molar-refractivity contribution in [2.45, 2.75) is 6.92 Å². The van der Waals surface area contributed by atoms with Gasteiger partial charge in [-0.25, -0.2) is 9.18 Å². The van der Waals surface area contributed by atoms with E-state index < -0.39 is 11.8 Å². The van der Waals surface area contributed by atoms with Crippen molar-refractivity contribution in [3.63, 3.8) is 0 Å². The van der Waals surface area contributed by atoms with Gasteiger partial charge in [-0.2, -0.15) is 5.26 Å². The predicted octanol–water partition coefficient (Wildman–Crippen LogP) is 4.21. The average Bonchev–Trinajstić information content (AvgIpc) is 2.44. The molecule has 0 spiro atoms. The highest BCUT2D eigenvalue weighted by atomic mass is 79.9. The number of halogens is 2. The van der Waals surface area contributed by atoms with Crippen LogP contribution in [0.3, 0.4) is 0 Å². The van der Waals surface area contributed by atoms with E-state index in [0.29, 0.717) is 11.3 Å². The average molecular weight is 349 g/mol. The normalized spacial score (nSPS) is 10.0. The molecule has 0 aliphatic carbocycles. The number of benzene rings is 2. The molecule has 21 heavy (non-hydrogen) atoms. The quantitative estimate of drug-likeness (QED) is 0.871. The summed E-state index contributed by atoms with van der Waals surface area (Å²) < 4.78 is 14.2. The molecule has 0 saturated heterocycles. The summed E-state index contributed by atoms with van der Waals surface area (Å²) in [5.41, 5.74) is 1.73. The standard InChI is InChI=1S/C15H10BrFN2O2/c1-8-6-10(3-4-11(8)15(20)21)19-12-5-2-9(7-18)13(16)14(12)17/h2-6,19H,1H3,(H,20,21). The molecule has 2 aromatic rings. The minimum atomic E-state index is -1.01. The van der Waals surface area contributed by atoms with Crippen LogP contribution in [0.1, 0.15) is 21.5 Å². The zero-order chi connectivity index (χ0) is 15.6. The van der Waals surface area contributed by atoms with Gasteiger partial charge >= 0.3 is 5.97 Å². The zero-order valence-corrected chi connectivity index (χ0v) is 12.5. The fourth-order valence-electron chi connectivity index (χ4n) is 1.87. The molecule has 0 bridgehead atoms. The Morgan fingerprint density at radius 3 is 2.67 bits per heavy atom. The molecule has 0 atom stereocenters. The minimum absolute atomic E-state index is 0.0916. The number of carbonyl (C=O) groups is 1. The van der Waals surface area contributed by atoms with E-state index in [0.717, 1.165) is 0 Å². The third-order valence-electron chi connectivity index (χ3n) is 2.94. The highest BCUT2D eigenvalue weighted by molar-refractivity contribution is 9.10. The Hall–Kier alpha value is -2.39. The molecule has 0 aromatic heterocycles. The second-order valence-corrected chi connectivity index (χ2v) is 5.15. The summed E-state index contributed by atoms with van der Waals surface area (Å²) in [6.45, 7) is 1.67. The molecule has 106 valence electrons. The molecule has 0 heterocycles. The van der Waals surface area contributed by atoms with Crippen LogP contribution in [0.2, 0.25) is 0 Å². The van der Waals surface area contributed by atoms with Crippen molar-refractivity contribution in [1.82, 2.24) is 0 Å². The number of aromatic carboxylic acids is 1. The smallest absolute Gasteiger partial charge is 0.335 e. The molecule has 2 rings (SSSR count). The first kappa shape index (κ1) is 15.0. The molecular formula is C15H10BrFN2O2. The fraction of sp³-hybridized carbons (Fsp3) is 0.0667. The van der Waals surface area contributed by atoms with Gasteiger partial charge in [0.2, 0.25) is 0 Å². The number of aryl methyl sites for hydroxylation is 1. The summed E-state index contributed by atoms with van der Waals surface area (Å²) in [7, 11) is 0. The molecular weight excluding hydrogens is 339 g/mol. The number of hydrogen-bond acceptors (Lipinski definition) is 3. The van der Waals surface area contributed by atoms with Gasteiger partial charge in [0, 0.05) is 5.69 Å². The molecule has 0 aliphatic heterocycles. The van der Waals surface area contributed by atoms with Crippen molar-refractivity contribution in [1.29, 1.82) is 5.26 Å². The monoisotopic (exact) mass is 348 g/mol. The summed E-state index contributed by atoms with van der Waals surface area (Å²) in [6, 6.07) is 9.46. The summed E-state index contributed by atoms with van der Waals surface area (Å²) in [5, 5.41) is 20.7. The first-order valence-electron chi connectivity index (χ1n) is 5.93. The number of nitrogens with one attached hydrogen (secondary N) is 1. The summed E-state index contributed by atoms with van der Waals surface area (Å²) in [5.74, 6) is -1.58. The van der Waals surface area contributed by atoms with Crippen molar-refractivity contribution in [3.8, 4) is 6.07 Å². The van der Waals surface area contributed by atoms with Gasteiger partial charge in [0.05, 0.1) is 21.3 Å². The van der Waals surface area contributed by atoms with E-state index in [1.165, 1.54) is 18.2 Å². The van der Waals surface area contributed by atoms with Crippen LogP contribution in [-0.2, 0) is 0 Å². The topological polar surface area (TPSA) is 73.1 Å². The molecule has 0 aliphatic rings. The first-order valence-corrected chi connectivity index (χ1v) is 6.72. The van der Waals surface area contributed by atoms with Crippen molar-refractivity contribution in [2.24, 2.45) is 0 Å². The van der Waals surface area contributed by atoms with Gasteiger partial charge in [-0.05, 0) is 58.7 Å². The second kappa shape index (κ2) is 5.94. The van der Waals surface area contributed by atoms with E-state index in [1.807, 2.05) is 6.07 Å². The SMILES string of the molecule is Cc1cc(Nc2ccc(C#N)c(Br)c2F)ccc1C(=O)O. The van der Waals surface area contributed by atoms with Crippen LogP contribution in [0.5, 0.6) is 0 Å². The number of nitrogens with zero attached hydrogens (tertiary/aromatic N) is 1. The number of rotatable bonds is 3. The van der Waals surface area contributed by atoms with Crippen LogP contribution in [0.25, 0.3) is 0 Å². The Balaban J connectivity index is 2.35. The van der Waals surface area contributed by atoms with Crippen LogP contribution in [0, 0.1) is 24.1 Å². The molecule has 0 fully saturated rings. The lowest BCUT2D eigenvalue weighted by molar-refractivity contribution is 0.0696. The lowest BCUT2D eigenvalue weighted by Crippen LogP contribution is -2.01. The number of anilines is 2. The lowest BCUT2D eigenvalue weighted by Gasteiger charge is -2.11. The summed E-state index contributed by atoms with van der Waals surface area (Å²) >= 11 is 3.03. The van der Waals surface area contributed by atoms with Gasteiger partial charge in [-0.15, -0.1) is 0 Å². The highest BCUT2D eigenvalue weighted by Gasteiger charge is 2.12. The third-order valence-corrected chi connectivity index (χ3v) is 3.71. The molecule has 4 nitrogen and oxygen atoms in total. The highest BCUT2D eigenvalue weighted by Crippen LogP contribution is 2.29. The molecule has 0 radical (unpaired) electrons. The molecule has 6 heteroatoms. The van der Waals surface area contributed by atoms with Gasteiger partial charge in [0.1, 0.15) is 6.07 Å². The second-order valence-electron chi connectivity index (χ2n) is 4.36. The van der Waals surface area contributed by atoms with Gasteiger partial charge < -0.3 is 10.4 Å². The fourth-order valence-corrected chi connectivity index (χ4v) is 2.30. The summed E-state index contributed by atoms with van der Waals surface area (Å²) in [4.78, 5) is 10.9. The lowest BCUT2D eigenvalue weighted by atomic mass is 10.1. The predicted molar refractivity (Wildman–Crippen MR) is 80.2 cm³/mol. The van der Waals surface area contributed by atoms with E-state index in [-0.39, 0.29) is 21.3 Å². The van der Waals surface area contributed by atoms with E-state index in [4.69, 9.17) is 10.4 Å². The van der Waals surface area contributed by atoms with E-state index in [2.05, 4.69) is 21.2 Å². The van der Waals surface area contributed by atoms with Crippen LogP contribution in [-0.4, -0.2) is 11.1 Å². The molecule has 0 unspecified atom stereocenters. The molecule has 2 aromatic carbocycles. The zero-order valence-electron chi connectivity index (χ0n) is 10.9. The molecule has 0 amide bonds. The Morgan fingerprint density at radius 2 is 2.10 bits per heavy atom. The van der Waals surface area contributed by atoms with Crippen LogP contribution in [0.4, 0.5) is 15.8 Å². The summed E-state index contributed by atoms with van der Waals surface area (Å²) in [6.07, 6.45) is 0. The Kier molecular flexibility index (Phi) is 4.24. The number of carboxylic acid groups (broad SMARTS) is 1. The maximum absolute atomic E-state index is 14.1. The maximum Gasteiger partial charge on any atom is 0.335 e. The number of carboxylic acids is 1. The first-order chi connectivity index (χ1) is 9.93. The van der Waals surface area contributed by atoms with E-state index in [9.17, 15) is 9.18 Å². The van der Waals surface area contributed by atoms with Crippen LogP contribution in [0.15, 0.2) is 34.8 Å².